The third-order valence-electron chi connectivity index (χ3n) is 3.24. The van der Waals surface area contributed by atoms with Gasteiger partial charge in [0.2, 0.25) is 0 Å². The Labute approximate surface area is 109 Å². The van der Waals surface area contributed by atoms with Crippen LogP contribution in [-0.2, 0) is 0 Å². The molecular formula is C15H14O2S. The Morgan fingerprint density at radius 2 is 1.94 bits per heavy atom. The lowest BCUT2D eigenvalue weighted by atomic mass is 10.0. The van der Waals surface area contributed by atoms with Crippen molar-refractivity contribution >= 4 is 22.3 Å². The highest BCUT2D eigenvalue weighted by atomic mass is 32.1. The fourth-order valence-electron chi connectivity index (χ4n) is 2.32. The number of furan rings is 1. The van der Waals surface area contributed by atoms with Gasteiger partial charge in [0, 0.05) is 15.8 Å². The lowest BCUT2D eigenvalue weighted by molar-refractivity contribution is 0.222. The van der Waals surface area contributed by atoms with E-state index in [0.717, 1.165) is 32.7 Å². The van der Waals surface area contributed by atoms with Gasteiger partial charge in [-0.3, -0.25) is 0 Å². The van der Waals surface area contributed by atoms with Crippen LogP contribution in [0.15, 0.2) is 40.1 Å². The second-order valence-corrected chi connectivity index (χ2v) is 5.39. The molecule has 2 heterocycles. The molecule has 1 aromatic carbocycles. The maximum absolute atomic E-state index is 10.6. The fraction of sp³-hybridized carbons (Fsp3) is 0.200. The Morgan fingerprint density at radius 1 is 1.17 bits per heavy atom. The van der Waals surface area contributed by atoms with Crippen molar-refractivity contribution in [2.24, 2.45) is 0 Å². The Kier molecular flexibility index (Phi) is 2.73. The van der Waals surface area contributed by atoms with Crippen molar-refractivity contribution in [2.75, 3.05) is 0 Å². The van der Waals surface area contributed by atoms with Gasteiger partial charge < -0.3 is 9.52 Å². The van der Waals surface area contributed by atoms with E-state index in [4.69, 9.17) is 4.42 Å². The molecule has 1 unspecified atom stereocenters. The number of aryl methyl sites for hydroxylation is 2. The smallest absolute Gasteiger partial charge is 0.134 e. The minimum atomic E-state index is -0.603. The number of fused-ring (bicyclic) bond motifs is 1. The van der Waals surface area contributed by atoms with E-state index >= 15 is 0 Å². The van der Waals surface area contributed by atoms with Gasteiger partial charge in [-0.1, -0.05) is 18.2 Å². The first-order chi connectivity index (χ1) is 8.68. The van der Waals surface area contributed by atoms with Crippen molar-refractivity contribution in [3.63, 3.8) is 0 Å². The summed E-state index contributed by atoms with van der Waals surface area (Å²) in [5, 5.41) is 13.6. The highest BCUT2D eigenvalue weighted by molar-refractivity contribution is 7.10. The van der Waals surface area contributed by atoms with Crippen LogP contribution in [0.2, 0.25) is 0 Å². The monoisotopic (exact) mass is 258 g/mol. The molecule has 0 saturated carbocycles. The number of hydrogen-bond donors (Lipinski definition) is 1. The molecule has 3 rings (SSSR count). The van der Waals surface area contributed by atoms with Crippen LogP contribution in [0.5, 0.6) is 0 Å². The lowest BCUT2D eigenvalue weighted by Crippen LogP contribution is -1.99. The molecule has 1 N–H and O–H groups in total. The molecule has 0 radical (unpaired) electrons. The molecule has 92 valence electrons. The zero-order chi connectivity index (χ0) is 12.7. The predicted molar refractivity (Wildman–Crippen MR) is 74.1 cm³/mol. The van der Waals surface area contributed by atoms with Gasteiger partial charge >= 0.3 is 0 Å². The summed E-state index contributed by atoms with van der Waals surface area (Å²) in [6.45, 7) is 3.92. The SMILES string of the molecule is Cc1ccsc1C(O)c1c(C)oc2ccccc12. The second-order valence-electron chi connectivity index (χ2n) is 4.44. The van der Waals surface area contributed by atoms with E-state index in [9.17, 15) is 5.11 Å². The number of para-hydroxylation sites is 1. The Hall–Kier alpha value is -1.58. The molecular weight excluding hydrogens is 244 g/mol. The van der Waals surface area contributed by atoms with Crippen LogP contribution in [0.1, 0.15) is 27.9 Å². The molecule has 3 heteroatoms. The molecule has 0 aliphatic carbocycles. The van der Waals surface area contributed by atoms with Crippen molar-refractivity contribution in [1.82, 2.24) is 0 Å². The predicted octanol–water partition coefficient (Wildman–Crippen LogP) is 4.19. The van der Waals surface area contributed by atoms with Gasteiger partial charge in [-0.05, 0) is 36.9 Å². The summed E-state index contributed by atoms with van der Waals surface area (Å²) in [6.07, 6.45) is -0.603. The van der Waals surface area contributed by atoms with Crippen molar-refractivity contribution in [2.45, 2.75) is 20.0 Å². The number of aliphatic hydroxyl groups is 1. The zero-order valence-electron chi connectivity index (χ0n) is 10.3. The summed E-state index contributed by atoms with van der Waals surface area (Å²) in [4.78, 5) is 0.990. The molecule has 0 saturated heterocycles. The van der Waals surface area contributed by atoms with Crippen LogP contribution >= 0.6 is 11.3 Å². The number of rotatable bonds is 2. The van der Waals surface area contributed by atoms with Crippen LogP contribution in [0.3, 0.4) is 0 Å². The van der Waals surface area contributed by atoms with Crippen LogP contribution in [0.25, 0.3) is 11.0 Å². The lowest BCUT2D eigenvalue weighted by Gasteiger charge is -2.09. The highest BCUT2D eigenvalue weighted by Crippen LogP contribution is 2.36. The third-order valence-corrected chi connectivity index (χ3v) is 4.31. The van der Waals surface area contributed by atoms with E-state index in [1.54, 1.807) is 11.3 Å². The van der Waals surface area contributed by atoms with Gasteiger partial charge in [-0.25, -0.2) is 0 Å². The standard InChI is InChI=1S/C15H14O2S/c1-9-7-8-18-15(9)14(16)13-10(2)17-12-6-4-3-5-11(12)13/h3-8,14,16H,1-2H3. The first kappa shape index (κ1) is 11.5. The van der Waals surface area contributed by atoms with Crippen LogP contribution < -0.4 is 0 Å². The molecule has 2 aromatic heterocycles. The molecule has 0 fully saturated rings. The molecule has 0 aliphatic heterocycles. The normalized spacial score (nSPS) is 13.1. The Bertz CT molecular complexity index is 693. The number of hydrogen-bond acceptors (Lipinski definition) is 3. The summed E-state index contributed by atoms with van der Waals surface area (Å²) in [7, 11) is 0. The molecule has 0 spiro atoms. The highest BCUT2D eigenvalue weighted by Gasteiger charge is 2.22. The fourth-order valence-corrected chi connectivity index (χ4v) is 3.24. The van der Waals surface area contributed by atoms with Gasteiger partial charge in [-0.15, -0.1) is 11.3 Å². The summed E-state index contributed by atoms with van der Waals surface area (Å²) in [5.74, 6) is 0.788. The quantitative estimate of drug-likeness (QED) is 0.747. The van der Waals surface area contributed by atoms with E-state index in [0.29, 0.717) is 0 Å². The molecule has 18 heavy (non-hydrogen) atoms. The summed E-state index contributed by atoms with van der Waals surface area (Å²) >= 11 is 1.58. The summed E-state index contributed by atoms with van der Waals surface area (Å²) in [6, 6.07) is 9.86. The van der Waals surface area contributed by atoms with E-state index in [1.807, 2.05) is 49.6 Å². The summed E-state index contributed by atoms with van der Waals surface area (Å²) < 4.78 is 5.70. The minimum Gasteiger partial charge on any atom is -0.461 e. The average Bonchev–Trinajstić information content (AvgIpc) is 2.91. The van der Waals surface area contributed by atoms with E-state index < -0.39 is 6.10 Å². The number of thiophene rings is 1. The maximum atomic E-state index is 10.6. The minimum absolute atomic E-state index is 0.603. The zero-order valence-corrected chi connectivity index (χ0v) is 11.1. The first-order valence-electron chi connectivity index (χ1n) is 5.88. The van der Waals surface area contributed by atoms with Crippen LogP contribution in [0.4, 0.5) is 0 Å². The Morgan fingerprint density at radius 3 is 2.67 bits per heavy atom. The third kappa shape index (κ3) is 1.67. The van der Waals surface area contributed by atoms with Gasteiger partial charge in [-0.2, -0.15) is 0 Å². The van der Waals surface area contributed by atoms with Gasteiger partial charge in [0.25, 0.3) is 0 Å². The van der Waals surface area contributed by atoms with E-state index in [-0.39, 0.29) is 0 Å². The number of benzene rings is 1. The Balaban J connectivity index is 2.20. The first-order valence-corrected chi connectivity index (χ1v) is 6.76. The van der Waals surface area contributed by atoms with Crippen molar-refractivity contribution < 1.29 is 9.52 Å². The topological polar surface area (TPSA) is 33.4 Å². The molecule has 3 aromatic rings. The largest absolute Gasteiger partial charge is 0.461 e. The summed E-state index contributed by atoms with van der Waals surface area (Å²) in [5.41, 5.74) is 2.84. The average molecular weight is 258 g/mol. The second kappa shape index (κ2) is 4.26. The molecule has 2 nitrogen and oxygen atoms in total. The van der Waals surface area contributed by atoms with Crippen LogP contribution in [0, 0.1) is 13.8 Å². The molecule has 0 aliphatic rings. The van der Waals surface area contributed by atoms with E-state index in [1.165, 1.54) is 0 Å². The maximum Gasteiger partial charge on any atom is 0.134 e. The molecule has 0 amide bonds. The van der Waals surface area contributed by atoms with Gasteiger partial charge in [0.1, 0.15) is 17.4 Å². The van der Waals surface area contributed by atoms with Crippen molar-refractivity contribution in [3.05, 3.63) is 57.5 Å². The van der Waals surface area contributed by atoms with Crippen LogP contribution in [-0.4, -0.2) is 5.11 Å². The van der Waals surface area contributed by atoms with Crippen molar-refractivity contribution in [3.8, 4) is 0 Å². The van der Waals surface area contributed by atoms with E-state index in [2.05, 4.69) is 0 Å². The van der Waals surface area contributed by atoms with Gasteiger partial charge in [0.05, 0.1) is 0 Å². The molecule has 1 atom stereocenters. The molecule has 0 bridgehead atoms. The number of aliphatic hydroxyl groups excluding tert-OH is 1. The van der Waals surface area contributed by atoms with Gasteiger partial charge in [0.15, 0.2) is 0 Å². The van der Waals surface area contributed by atoms with Crippen molar-refractivity contribution in [1.29, 1.82) is 0 Å².